The Morgan fingerprint density at radius 1 is 0.912 bits per heavy atom. The van der Waals surface area contributed by atoms with Crippen molar-refractivity contribution >= 4 is 17.2 Å². The van der Waals surface area contributed by atoms with Gasteiger partial charge in [-0.1, -0.05) is 72.0 Å². The molecular formula is C28H33N3O2S. The van der Waals surface area contributed by atoms with Crippen LogP contribution >= 0.6 is 11.3 Å². The van der Waals surface area contributed by atoms with Gasteiger partial charge in [-0.2, -0.15) is 0 Å². The molecule has 5 rings (SSSR count). The molecule has 0 unspecified atom stereocenters. The number of nitrogens with zero attached hydrogens (tertiary/aromatic N) is 3. The Labute approximate surface area is 206 Å². The van der Waals surface area contributed by atoms with Crippen LogP contribution in [0.25, 0.3) is 0 Å². The largest absolute Gasteiger partial charge is 0.467 e. The SMILES string of the molecule is O=C(CC(c1ccccc1)c1ccccc1)N1CCC(N2CCC(Oc3nccs3)CC2)CC1. The maximum atomic E-state index is 13.3. The zero-order chi connectivity index (χ0) is 23.2. The number of benzene rings is 2. The summed E-state index contributed by atoms with van der Waals surface area (Å²) in [5, 5.41) is 2.75. The zero-order valence-electron chi connectivity index (χ0n) is 19.6. The molecule has 6 heteroatoms. The lowest BCUT2D eigenvalue weighted by atomic mass is 9.88. The summed E-state index contributed by atoms with van der Waals surface area (Å²) >= 11 is 1.57. The molecule has 0 atom stereocenters. The number of rotatable bonds is 7. The van der Waals surface area contributed by atoms with Gasteiger partial charge in [-0.15, -0.1) is 0 Å². The number of aromatic nitrogens is 1. The second-order valence-corrected chi connectivity index (χ2v) is 10.2. The van der Waals surface area contributed by atoms with Gasteiger partial charge in [0.1, 0.15) is 6.10 Å². The second kappa shape index (κ2) is 11.2. The summed E-state index contributed by atoms with van der Waals surface area (Å²) in [5.41, 5.74) is 2.42. The van der Waals surface area contributed by atoms with Crippen LogP contribution in [-0.4, -0.2) is 59.0 Å². The number of amides is 1. The van der Waals surface area contributed by atoms with E-state index < -0.39 is 0 Å². The van der Waals surface area contributed by atoms with Crippen LogP contribution in [0.4, 0.5) is 0 Å². The number of piperidine rings is 2. The standard InChI is InChI=1S/C28H33N3O2S/c32-27(21-26(22-7-3-1-4-8-22)23-9-5-2-6-10-23)31-16-11-24(12-17-31)30-18-13-25(14-19-30)33-28-29-15-20-34-28/h1-10,15,20,24-26H,11-14,16-19,21H2. The predicted molar refractivity (Wildman–Crippen MR) is 136 cm³/mol. The number of likely N-dealkylation sites (tertiary alicyclic amines) is 2. The first-order valence-corrected chi connectivity index (χ1v) is 13.3. The number of ether oxygens (including phenoxy) is 1. The molecule has 0 saturated carbocycles. The van der Waals surface area contributed by atoms with Crippen molar-refractivity contribution in [1.29, 1.82) is 0 Å². The van der Waals surface area contributed by atoms with Gasteiger partial charge in [0.15, 0.2) is 0 Å². The van der Waals surface area contributed by atoms with E-state index in [1.165, 1.54) is 11.1 Å². The number of hydrogen-bond acceptors (Lipinski definition) is 5. The van der Waals surface area contributed by atoms with Gasteiger partial charge >= 0.3 is 0 Å². The molecule has 0 spiro atoms. The van der Waals surface area contributed by atoms with Crippen LogP contribution in [0.3, 0.4) is 0 Å². The van der Waals surface area contributed by atoms with Crippen LogP contribution < -0.4 is 4.74 Å². The van der Waals surface area contributed by atoms with Crippen molar-refractivity contribution in [2.75, 3.05) is 26.2 Å². The highest BCUT2D eigenvalue weighted by Crippen LogP contribution is 2.30. The fourth-order valence-corrected chi connectivity index (χ4v) is 5.90. The van der Waals surface area contributed by atoms with Gasteiger partial charge in [0.25, 0.3) is 5.19 Å². The molecular weight excluding hydrogens is 442 g/mol. The fraction of sp³-hybridized carbons (Fsp3) is 0.429. The van der Waals surface area contributed by atoms with E-state index in [1.807, 2.05) is 17.5 Å². The van der Waals surface area contributed by atoms with Gasteiger partial charge in [-0.05, 0) is 36.8 Å². The highest BCUT2D eigenvalue weighted by molar-refractivity contribution is 7.11. The Balaban J connectivity index is 1.13. The molecule has 0 radical (unpaired) electrons. The van der Waals surface area contributed by atoms with Gasteiger partial charge < -0.3 is 9.64 Å². The highest BCUT2D eigenvalue weighted by atomic mass is 32.1. The molecule has 1 aromatic heterocycles. The van der Waals surface area contributed by atoms with Crippen molar-refractivity contribution in [2.45, 2.75) is 50.2 Å². The summed E-state index contributed by atoms with van der Waals surface area (Å²) < 4.78 is 6.02. The van der Waals surface area contributed by atoms with Crippen LogP contribution in [-0.2, 0) is 4.79 Å². The molecule has 1 amide bonds. The molecule has 2 aliphatic heterocycles. The lowest BCUT2D eigenvalue weighted by Gasteiger charge is -2.41. The minimum atomic E-state index is 0.101. The number of carbonyl (C=O) groups excluding carboxylic acids is 1. The van der Waals surface area contributed by atoms with Crippen LogP contribution in [0.15, 0.2) is 72.2 Å². The summed E-state index contributed by atoms with van der Waals surface area (Å²) in [6.07, 6.45) is 6.82. The van der Waals surface area contributed by atoms with Crippen LogP contribution in [0, 0.1) is 0 Å². The third-order valence-corrected chi connectivity index (χ3v) is 7.93. The topological polar surface area (TPSA) is 45.7 Å². The van der Waals surface area contributed by atoms with Gasteiger partial charge in [0, 0.05) is 56.1 Å². The first-order valence-electron chi connectivity index (χ1n) is 12.4. The molecule has 0 aliphatic carbocycles. The summed E-state index contributed by atoms with van der Waals surface area (Å²) in [6.45, 7) is 3.85. The highest BCUT2D eigenvalue weighted by Gasteiger charge is 2.31. The second-order valence-electron chi connectivity index (χ2n) is 9.34. The predicted octanol–water partition coefficient (Wildman–Crippen LogP) is 5.20. The maximum absolute atomic E-state index is 13.3. The number of thiazole rings is 1. The lowest BCUT2D eigenvalue weighted by Crippen LogP contribution is -2.50. The van der Waals surface area contributed by atoms with E-state index in [4.69, 9.17) is 4.74 Å². The Hall–Kier alpha value is -2.70. The van der Waals surface area contributed by atoms with Crippen molar-refractivity contribution in [3.05, 3.63) is 83.4 Å². The van der Waals surface area contributed by atoms with E-state index >= 15 is 0 Å². The first-order chi connectivity index (χ1) is 16.8. The number of hydrogen-bond donors (Lipinski definition) is 0. The van der Waals surface area contributed by atoms with E-state index in [2.05, 4.69) is 63.3 Å². The molecule has 2 aromatic carbocycles. The smallest absolute Gasteiger partial charge is 0.273 e. The molecule has 178 valence electrons. The fourth-order valence-electron chi connectivity index (χ4n) is 5.35. The van der Waals surface area contributed by atoms with E-state index in [-0.39, 0.29) is 17.9 Å². The third-order valence-electron chi connectivity index (χ3n) is 7.27. The Morgan fingerprint density at radius 3 is 2.09 bits per heavy atom. The summed E-state index contributed by atoms with van der Waals surface area (Å²) in [7, 11) is 0. The molecule has 5 nitrogen and oxygen atoms in total. The molecule has 34 heavy (non-hydrogen) atoms. The average molecular weight is 476 g/mol. The van der Waals surface area contributed by atoms with Crippen molar-refractivity contribution < 1.29 is 9.53 Å². The van der Waals surface area contributed by atoms with Crippen molar-refractivity contribution in [2.24, 2.45) is 0 Å². The summed E-state index contributed by atoms with van der Waals surface area (Å²) in [4.78, 5) is 22.3. The molecule has 0 N–H and O–H groups in total. The summed E-state index contributed by atoms with van der Waals surface area (Å²) in [6, 6.07) is 21.4. The van der Waals surface area contributed by atoms with Crippen molar-refractivity contribution in [1.82, 2.24) is 14.8 Å². The normalized spacial score (nSPS) is 18.3. The number of carbonyl (C=O) groups is 1. The van der Waals surface area contributed by atoms with Gasteiger partial charge in [0.05, 0.1) is 0 Å². The molecule has 0 bridgehead atoms. The van der Waals surface area contributed by atoms with E-state index in [0.29, 0.717) is 12.5 Å². The Morgan fingerprint density at radius 2 is 1.53 bits per heavy atom. The van der Waals surface area contributed by atoms with Crippen molar-refractivity contribution in [3.63, 3.8) is 0 Å². The van der Waals surface area contributed by atoms with Crippen LogP contribution in [0.1, 0.15) is 49.1 Å². The molecule has 3 heterocycles. The third kappa shape index (κ3) is 5.68. The minimum Gasteiger partial charge on any atom is -0.467 e. The van der Waals surface area contributed by atoms with E-state index in [0.717, 1.165) is 57.1 Å². The molecule has 2 fully saturated rings. The van der Waals surface area contributed by atoms with Gasteiger partial charge in [-0.25, -0.2) is 4.98 Å². The molecule has 2 saturated heterocycles. The van der Waals surface area contributed by atoms with Crippen LogP contribution in [0.2, 0.25) is 0 Å². The quantitative estimate of drug-likeness (QED) is 0.471. The van der Waals surface area contributed by atoms with Gasteiger partial charge in [-0.3, -0.25) is 9.69 Å². The average Bonchev–Trinajstić information content (AvgIpc) is 3.42. The lowest BCUT2D eigenvalue weighted by molar-refractivity contribution is -0.133. The first kappa shape index (κ1) is 23.1. The molecule has 3 aromatic rings. The van der Waals surface area contributed by atoms with E-state index in [1.54, 1.807) is 17.5 Å². The molecule has 2 aliphatic rings. The Bertz CT molecular complexity index is 973. The van der Waals surface area contributed by atoms with Gasteiger partial charge in [0.2, 0.25) is 5.91 Å². The van der Waals surface area contributed by atoms with E-state index in [9.17, 15) is 4.79 Å². The summed E-state index contributed by atoms with van der Waals surface area (Å²) in [5.74, 6) is 0.371. The van der Waals surface area contributed by atoms with Crippen molar-refractivity contribution in [3.8, 4) is 5.19 Å². The minimum absolute atomic E-state index is 0.101. The Kier molecular flexibility index (Phi) is 7.56. The zero-order valence-corrected chi connectivity index (χ0v) is 20.4. The maximum Gasteiger partial charge on any atom is 0.273 e. The van der Waals surface area contributed by atoms with Crippen LogP contribution in [0.5, 0.6) is 5.19 Å². The monoisotopic (exact) mass is 475 g/mol.